The molecule has 4 aromatic rings. The number of nitrogens with two attached hydrogens (primary N) is 1. The van der Waals surface area contributed by atoms with Crippen LogP contribution in [0.25, 0.3) is 10.2 Å². The molecule has 0 fully saturated rings. The van der Waals surface area contributed by atoms with Gasteiger partial charge in [-0.3, -0.25) is 23.6 Å². The number of fused-ring (bicyclic) bond motifs is 1. The summed E-state index contributed by atoms with van der Waals surface area (Å²) in [7, 11) is 3.14. The number of hydrogen-bond acceptors (Lipinski definition) is 7. The second-order valence-electron chi connectivity index (χ2n) is 7.65. The Labute approximate surface area is 188 Å². The zero-order valence-electron chi connectivity index (χ0n) is 17.8. The maximum Gasteiger partial charge on any atom is 0.332 e. The number of likely N-dealkylation sites (N-methyl/N-ethyl adjacent to an activating group) is 1. The third-order valence-corrected chi connectivity index (χ3v) is 6.22. The number of ketones is 1. The zero-order chi connectivity index (χ0) is 22.8. The van der Waals surface area contributed by atoms with Gasteiger partial charge in [-0.2, -0.15) is 0 Å². The highest BCUT2D eigenvalue weighted by atomic mass is 32.1. The van der Waals surface area contributed by atoms with E-state index in [-0.39, 0.29) is 24.5 Å². The maximum atomic E-state index is 13.1. The predicted octanol–water partition coefficient (Wildman–Crippen LogP) is 2.10. The first-order valence-corrected chi connectivity index (χ1v) is 10.9. The number of benzene rings is 2. The topological polar surface area (TPSA) is 103 Å². The van der Waals surface area contributed by atoms with Crippen molar-refractivity contribution in [1.82, 2.24) is 19.0 Å². The van der Waals surface area contributed by atoms with Crippen LogP contribution in [0.3, 0.4) is 0 Å². The fraction of sp³-hybridized carbons (Fsp3) is 0.217. The molecule has 2 aromatic carbocycles. The van der Waals surface area contributed by atoms with E-state index in [1.165, 1.54) is 11.6 Å². The summed E-state index contributed by atoms with van der Waals surface area (Å²) in [4.78, 5) is 44.8. The molecule has 0 aliphatic carbocycles. The summed E-state index contributed by atoms with van der Waals surface area (Å²) < 4.78 is 3.27. The lowest BCUT2D eigenvalue weighted by Crippen LogP contribution is -2.44. The van der Waals surface area contributed by atoms with Crippen LogP contribution in [0.15, 0.2) is 64.2 Å². The van der Waals surface area contributed by atoms with Crippen LogP contribution in [0.2, 0.25) is 0 Å². The van der Waals surface area contributed by atoms with Crippen molar-refractivity contribution in [3.05, 3.63) is 91.6 Å². The van der Waals surface area contributed by atoms with Crippen molar-refractivity contribution in [1.29, 1.82) is 0 Å². The standard InChI is InChI=1S/C23H23N5O3S/c1-26(14-19-25-16-10-6-7-11-18(16)32-19)13-17(29)20-21(24)28(23(31)27(2)22(20)30)12-15-8-4-3-5-9-15/h3-11H,12-14,24H2,1-2H3. The van der Waals surface area contributed by atoms with Crippen LogP contribution in [0, 0.1) is 0 Å². The van der Waals surface area contributed by atoms with Crippen LogP contribution in [0.5, 0.6) is 0 Å². The normalized spacial score (nSPS) is 11.3. The van der Waals surface area contributed by atoms with Gasteiger partial charge in [-0.15, -0.1) is 11.3 Å². The van der Waals surface area contributed by atoms with Crippen molar-refractivity contribution in [2.75, 3.05) is 19.3 Å². The van der Waals surface area contributed by atoms with Gasteiger partial charge in [0.1, 0.15) is 16.4 Å². The summed E-state index contributed by atoms with van der Waals surface area (Å²) in [5.41, 5.74) is 6.52. The highest BCUT2D eigenvalue weighted by Gasteiger charge is 2.23. The summed E-state index contributed by atoms with van der Waals surface area (Å²) in [6.45, 7) is 0.593. The minimum Gasteiger partial charge on any atom is -0.384 e. The maximum absolute atomic E-state index is 13.1. The van der Waals surface area contributed by atoms with Crippen LogP contribution in [-0.2, 0) is 20.1 Å². The van der Waals surface area contributed by atoms with Crippen LogP contribution in [0.4, 0.5) is 5.82 Å². The third kappa shape index (κ3) is 4.25. The van der Waals surface area contributed by atoms with E-state index in [0.29, 0.717) is 6.54 Å². The van der Waals surface area contributed by atoms with E-state index >= 15 is 0 Å². The van der Waals surface area contributed by atoms with Crippen molar-refractivity contribution in [2.24, 2.45) is 7.05 Å². The Morgan fingerprint density at radius 3 is 2.50 bits per heavy atom. The van der Waals surface area contributed by atoms with Crippen LogP contribution in [-0.4, -0.2) is 38.4 Å². The number of aromatic nitrogens is 3. The number of nitrogens with zero attached hydrogens (tertiary/aromatic N) is 4. The second-order valence-corrected chi connectivity index (χ2v) is 8.76. The van der Waals surface area contributed by atoms with Gasteiger partial charge in [0.2, 0.25) is 0 Å². The van der Waals surface area contributed by atoms with Gasteiger partial charge >= 0.3 is 5.69 Å². The first kappa shape index (κ1) is 21.7. The molecule has 164 valence electrons. The molecule has 0 atom stereocenters. The Morgan fingerprint density at radius 2 is 1.78 bits per heavy atom. The van der Waals surface area contributed by atoms with Gasteiger partial charge in [0.05, 0.1) is 29.9 Å². The molecule has 0 amide bonds. The van der Waals surface area contributed by atoms with Gasteiger partial charge in [0.25, 0.3) is 5.56 Å². The SMILES string of the molecule is CN(CC(=O)c1c(N)n(Cc2ccccc2)c(=O)n(C)c1=O)Cc1nc2ccccc2s1. The molecule has 8 nitrogen and oxygen atoms in total. The van der Waals surface area contributed by atoms with Gasteiger partial charge in [0.15, 0.2) is 5.78 Å². The molecule has 0 bridgehead atoms. The Balaban J connectivity index is 1.59. The Kier molecular flexibility index (Phi) is 6.02. The van der Waals surface area contributed by atoms with Crippen LogP contribution < -0.4 is 17.0 Å². The summed E-state index contributed by atoms with van der Waals surface area (Å²) in [6.07, 6.45) is 0. The molecule has 0 saturated heterocycles. The van der Waals surface area contributed by atoms with E-state index in [1.807, 2.05) is 54.6 Å². The molecular weight excluding hydrogens is 426 g/mol. The smallest absolute Gasteiger partial charge is 0.332 e. The minimum atomic E-state index is -0.685. The Hall–Kier alpha value is -3.56. The molecule has 32 heavy (non-hydrogen) atoms. The number of hydrogen-bond donors (Lipinski definition) is 1. The quantitative estimate of drug-likeness (QED) is 0.434. The molecule has 0 aliphatic rings. The summed E-state index contributed by atoms with van der Waals surface area (Å²) in [6, 6.07) is 17.1. The van der Waals surface area contributed by atoms with Crippen LogP contribution in [0.1, 0.15) is 20.9 Å². The van der Waals surface area contributed by atoms with Crippen molar-refractivity contribution in [3.8, 4) is 0 Å². The molecule has 2 aromatic heterocycles. The average molecular weight is 450 g/mol. The number of carbonyl (C=O) groups is 1. The van der Waals surface area contributed by atoms with Gasteiger partial charge < -0.3 is 5.73 Å². The zero-order valence-corrected chi connectivity index (χ0v) is 18.6. The molecule has 0 unspecified atom stereocenters. The first-order chi connectivity index (χ1) is 15.3. The molecule has 0 saturated carbocycles. The second kappa shape index (κ2) is 8.89. The molecule has 2 heterocycles. The number of Topliss-reactive ketones (excluding diaryl/α,β-unsaturated/α-hetero) is 1. The number of anilines is 1. The van der Waals surface area contributed by atoms with Gasteiger partial charge in [-0.05, 0) is 24.7 Å². The highest BCUT2D eigenvalue weighted by Crippen LogP contribution is 2.22. The predicted molar refractivity (Wildman–Crippen MR) is 126 cm³/mol. The van der Waals surface area contributed by atoms with Crippen LogP contribution >= 0.6 is 11.3 Å². The fourth-order valence-electron chi connectivity index (χ4n) is 3.56. The van der Waals surface area contributed by atoms with E-state index in [4.69, 9.17) is 5.73 Å². The van der Waals surface area contributed by atoms with Gasteiger partial charge in [-0.25, -0.2) is 9.78 Å². The van der Waals surface area contributed by atoms with Crippen molar-refractivity contribution in [3.63, 3.8) is 0 Å². The molecule has 0 radical (unpaired) electrons. The number of para-hydroxylation sites is 1. The lowest BCUT2D eigenvalue weighted by molar-refractivity contribution is 0.0941. The molecule has 0 spiro atoms. The molecule has 9 heteroatoms. The number of nitrogen functional groups attached to an aromatic ring is 1. The minimum absolute atomic E-state index is 0.0289. The molecular formula is C23H23N5O3S. The monoisotopic (exact) mass is 449 g/mol. The lowest BCUT2D eigenvalue weighted by Gasteiger charge is -2.17. The highest BCUT2D eigenvalue weighted by molar-refractivity contribution is 7.18. The van der Waals surface area contributed by atoms with Gasteiger partial charge in [-0.1, -0.05) is 42.5 Å². The summed E-state index contributed by atoms with van der Waals surface area (Å²) in [5.74, 6) is -0.547. The molecule has 0 aliphatic heterocycles. The largest absolute Gasteiger partial charge is 0.384 e. The number of thiazole rings is 1. The average Bonchev–Trinajstić information content (AvgIpc) is 3.18. The van der Waals surface area contributed by atoms with E-state index in [2.05, 4.69) is 4.98 Å². The van der Waals surface area contributed by atoms with E-state index < -0.39 is 17.0 Å². The first-order valence-electron chi connectivity index (χ1n) is 10.0. The Bertz CT molecular complexity index is 1370. The van der Waals surface area contributed by atoms with Crippen molar-refractivity contribution >= 4 is 33.2 Å². The lowest BCUT2D eigenvalue weighted by atomic mass is 10.1. The summed E-state index contributed by atoms with van der Waals surface area (Å²) >= 11 is 1.56. The number of carbonyl (C=O) groups excluding carboxylic acids is 1. The summed E-state index contributed by atoms with van der Waals surface area (Å²) in [5, 5.41) is 0.872. The van der Waals surface area contributed by atoms with E-state index in [1.54, 1.807) is 23.3 Å². The molecule has 2 N–H and O–H groups in total. The van der Waals surface area contributed by atoms with Crippen molar-refractivity contribution in [2.45, 2.75) is 13.1 Å². The molecule has 4 rings (SSSR count). The Morgan fingerprint density at radius 1 is 1.09 bits per heavy atom. The van der Waals surface area contributed by atoms with Crippen molar-refractivity contribution < 1.29 is 4.79 Å². The van der Waals surface area contributed by atoms with E-state index in [0.717, 1.165) is 25.4 Å². The third-order valence-electron chi connectivity index (χ3n) is 5.20. The van der Waals surface area contributed by atoms with Gasteiger partial charge in [0, 0.05) is 7.05 Å². The van der Waals surface area contributed by atoms with E-state index in [9.17, 15) is 14.4 Å². The fourth-order valence-corrected chi connectivity index (χ4v) is 4.61. The number of rotatable bonds is 7.